The Balaban J connectivity index is 1.49. The first-order chi connectivity index (χ1) is 15.5. The molecule has 2 heterocycles. The van der Waals surface area contributed by atoms with Crippen molar-refractivity contribution in [1.29, 1.82) is 0 Å². The molecule has 0 bridgehead atoms. The molecule has 2 amide bonds. The van der Waals surface area contributed by atoms with Gasteiger partial charge in [-0.3, -0.25) is 9.59 Å². The molecule has 1 saturated heterocycles. The van der Waals surface area contributed by atoms with Gasteiger partial charge in [0.15, 0.2) is 5.82 Å². The molecule has 1 aliphatic heterocycles. The second-order valence-corrected chi connectivity index (χ2v) is 7.91. The first-order valence-corrected chi connectivity index (χ1v) is 10.7. The monoisotopic (exact) mass is 432 g/mol. The summed E-state index contributed by atoms with van der Waals surface area (Å²) < 4.78 is 13.0. The van der Waals surface area contributed by atoms with E-state index in [0.717, 1.165) is 24.8 Å². The van der Waals surface area contributed by atoms with E-state index in [1.807, 2.05) is 35.2 Å². The number of benzene rings is 2. The fourth-order valence-corrected chi connectivity index (χ4v) is 3.94. The zero-order valence-corrected chi connectivity index (χ0v) is 17.9. The summed E-state index contributed by atoms with van der Waals surface area (Å²) in [5, 5.41) is 2.82. The number of piperidine rings is 1. The van der Waals surface area contributed by atoms with E-state index in [0.29, 0.717) is 29.2 Å². The number of nitrogens with zero attached hydrogens (tertiary/aromatic N) is 3. The molecule has 0 spiro atoms. The molecule has 0 unspecified atom stereocenters. The quantitative estimate of drug-likeness (QED) is 0.655. The van der Waals surface area contributed by atoms with Crippen LogP contribution in [0.2, 0.25) is 0 Å². The third-order valence-electron chi connectivity index (χ3n) is 5.69. The van der Waals surface area contributed by atoms with Crippen LogP contribution in [-0.4, -0.2) is 33.2 Å². The average Bonchev–Trinajstić information content (AvgIpc) is 2.83. The van der Waals surface area contributed by atoms with Gasteiger partial charge in [0.25, 0.3) is 11.8 Å². The molecule has 6 nitrogen and oxygen atoms in total. The summed E-state index contributed by atoms with van der Waals surface area (Å²) in [6.45, 7) is 2.70. The van der Waals surface area contributed by atoms with E-state index >= 15 is 0 Å². The van der Waals surface area contributed by atoms with Crippen LogP contribution in [0.4, 0.5) is 4.39 Å². The molecule has 1 atom stereocenters. The van der Waals surface area contributed by atoms with Crippen LogP contribution in [0.15, 0.2) is 60.8 Å². The van der Waals surface area contributed by atoms with Crippen LogP contribution >= 0.6 is 0 Å². The number of likely N-dealkylation sites (tertiary alicyclic amines) is 1. The molecule has 0 saturated carbocycles. The number of halogens is 1. The number of aryl methyl sites for hydroxylation is 1. The van der Waals surface area contributed by atoms with Gasteiger partial charge < -0.3 is 10.2 Å². The Morgan fingerprint density at radius 1 is 1.09 bits per heavy atom. The van der Waals surface area contributed by atoms with Crippen molar-refractivity contribution in [2.24, 2.45) is 0 Å². The number of hydrogen-bond acceptors (Lipinski definition) is 4. The van der Waals surface area contributed by atoms with Gasteiger partial charge in [-0.2, -0.15) is 0 Å². The number of carbonyl (C=O) groups excluding carboxylic acids is 2. The van der Waals surface area contributed by atoms with Gasteiger partial charge in [-0.05, 0) is 56.0 Å². The maximum Gasteiger partial charge on any atom is 0.254 e. The van der Waals surface area contributed by atoms with Crippen molar-refractivity contribution >= 4 is 11.8 Å². The van der Waals surface area contributed by atoms with E-state index in [1.165, 1.54) is 18.3 Å². The lowest BCUT2D eigenvalue weighted by Gasteiger charge is -2.35. The van der Waals surface area contributed by atoms with Gasteiger partial charge in [-0.15, -0.1) is 0 Å². The molecule has 7 heteroatoms. The van der Waals surface area contributed by atoms with Gasteiger partial charge in [0.1, 0.15) is 5.82 Å². The highest BCUT2D eigenvalue weighted by Gasteiger charge is 2.31. The molecular formula is C25H25FN4O2. The highest BCUT2D eigenvalue weighted by atomic mass is 19.1. The van der Waals surface area contributed by atoms with Crippen LogP contribution in [0.1, 0.15) is 63.1 Å². The first kappa shape index (κ1) is 21.6. The van der Waals surface area contributed by atoms with Gasteiger partial charge in [0, 0.05) is 24.8 Å². The lowest BCUT2D eigenvalue weighted by Crippen LogP contribution is -2.39. The minimum Gasteiger partial charge on any atom is -0.348 e. The largest absolute Gasteiger partial charge is 0.348 e. The molecule has 1 fully saturated rings. The van der Waals surface area contributed by atoms with Crippen molar-refractivity contribution in [1.82, 2.24) is 20.2 Å². The Bertz CT molecular complexity index is 1100. The number of aromatic nitrogens is 2. The van der Waals surface area contributed by atoms with Gasteiger partial charge >= 0.3 is 0 Å². The van der Waals surface area contributed by atoms with Gasteiger partial charge in [0.05, 0.1) is 17.3 Å². The van der Waals surface area contributed by atoms with Crippen LogP contribution in [-0.2, 0) is 6.54 Å². The zero-order valence-electron chi connectivity index (χ0n) is 17.9. The maximum atomic E-state index is 13.1. The van der Waals surface area contributed by atoms with Crippen molar-refractivity contribution in [2.75, 3.05) is 6.54 Å². The summed E-state index contributed by atoms with van der Waals surface area (Å²) in [6.07, 6.45) is 4.25. The summed E-state index contributed by atoms with van der Waals surface area (Å²) in [4.78, 5) is 36.6. The topological polar surface area (TPSA) is 75.2 Å². The van der Waals surface area contributed by atoms with Gasteiger partial charge in [-0.25, -0.2) is 14.4 Å². The Labute approximate surface area is 186 Å². The second-order valence-electron chi connectivity index (χ2n) is 7.91. The van der Waals surface area contributed by atoms with E-state index in [-0.39, 0.29) is 30.2 Å². The number of carbonyl (C=O) groups is 2. The van der Waals surface area contributed by atoms with E-state index in [9.17, 15) is 14.0 Å². The second kappa shape index (κ2) is 9.68. The van der Waals surface area contributed by atoms with Crippen LogP contribution < -0.4 is 5.32 Å². The van der Waals surface area contributed by atoms with Crippen molar-refractivity contribution < 1.29 is 14.0 Å². The first-order valence-electron chi connectivity index (χ1n) is 10.7. The van der Waals surface area contributed by atoms with Crippen LogP contribution in [0.25, 0.3) is 0 Å². The molecule has 2 aromatic carbocycles. The normalized spacial score (nSPS) is 15.9. The van der Waals surface area contributed by atoms with Crippen LogP contribution in [0.3, 0.4) is 0 Å². The number of nitrogens with one attached hydrogen (secondary N) is 1. The fourth-order valence-electron chi connectivity index (χ4n) is 3.94. The average molecular weight is 432 g/mol. The Hall–Kier alpha value is -3.61. The van der Waals surface area contributed by atoms with Gasteiger partial charge in [-0.1, -0.05) is 30.3 Å². The minimum absolute atomic E-state index is 0.0299. The summed E-state index contributed by atoms with van der Waals surface area (Å²) >= 11 is 0. The Morgan fingerprint density at radius 3 is 2.56 bits per heavy atom. The van der Waals surface area contributed by atoms with Crippen molar-refractivity contribution in [3.05, 3.63) is 94.8 Å². The minimum atomic E-state index is -0.317. The standard InChI is InChI=1S/C25H25FN4O2/c1-17-21(24(31)28-15-18-10-12-20(26)13-11-18)16-27-23(29-17)22-9-5-6-14-30(22)25(32)19-7-3-2-4-8-19/h2-4,7-8,10-13,16,22H,5-6,9,14-15H2,1H3,(H,28,31)/t22-/m0/s1. The molecule has 1 aliphatic rings. The molecule has 4 rings (SSSR count). The number of amides is 2. The molecule has 164 valence electrons. The van der Waals surface area contributed by atoms with Crippen LogP contribution in [0.5, 0.6) is 0 Å². The molecule has 0 aliphatic carbocycles. The van der Waals surface area contributed by atoms with E-state index in [2.05, 4.69) is 15.3 Å². The predicted octanol–water partition coefficient (Wildman–Crippen LogP) is 4.22. The lowest BCUT2D eigenvalue weighted by atomic mass is 9.99. The molecule has 3 aromatic rings. The molecule has 0 radical (unpaired) electrons. The summed E-state index contributed by atoms with van der Waals surface area (Å²) in [5.74, 6) is -0.0825. The summed E-state index contributed by atoms with van der Waals surface area (Å²) in [7, 11) is 0. The molecule has 1 N–H and O–H groups in total. The highest BCUT2D eigenvalue weighted by Crippen LogP contribution is 2.30. The highest BCUT2D eigenvalue weighted by molar-refractivity contribution is 5.95. The van der Waals surface area contributed by atoms with E-state index < -0.39 is 0 Å². The smallest absolute Gasteiger partial charge is 0.254 e. The van der Waals surface area contributed by atoms with Crippen LogP contribution in [0, 0.1) is 12.7 Å². The maximum absolute atomic E-state index is 13.1. The lowest BCUT2D eigenvalue weighted by molar-refractivity contribution is 0.0599. The molecule has 32 heavy (non-hydrogen) atoms. The van der Waals surface area contributed by atoms with Crippen molar-refractivity contribution in [2.45, 2.75) is 38.8 Å². The molecular weight excluding hydrogens is 407 g/mol. The fraction of sp³-hybridized carbons (Fsp3) is 0.280. The van der Waals surface area contributed by atoms with Crippen molar-refractivity contribution in [3.63, 3.8) is 0 Å². The third-order valence-corrected chi connectivity index (χ3v) is 5.69. The third kappa shape index (κ3) is 4.82. The number of rotatable bonds is 5. The zero-order chi connectivity index (χ0) is 22.5. The van der Waals surface area contributed by atoms with E-state index in [4.69, 9.17) is 0 Å². The molecule has 1 aromatic heterocycles. The van der Waals surface area contributed by atoms with E-state index in [1.54, 1.807) is 19.1 Å². The predicted molar refractivity (Wildman–Crippen MR) is 118 cm³/mol. The van der Waals surface area contributed by atoms with Gasteiger partial charge in [0.2, 0.25) is 0 Å². The Morgan fingerprint density at radius 2 is 1.84 bits per heavy atom. The number of hydrogen-bond donors (Lipinski definition) is 1. The van der Waals surface area contributed by atoms with Crippen molar-refractivity contribution in [3.8, 4) is 0 Å². The summed E-state index contributed by atoms with van der Waals surface area (Å²) in [6, 6.07) is 15.0. The SMILES string of the molecule is Cc1nc([C@@H]2CCCCN2C(=O)c2ccccc2)ncc1C(=O)NCc1ccc(F)cc1. The Kier molecular flexibility index (Phi) is 6.54. The summed E-state index contributed by atoms with van der Waals surface area (Å²) in [5.41, 5.74) is 2.39.